The molecule has 0 saturated carbocycles. The first-order chi connectivity index (χ1) is 13.1. The lowest BCUT2D eigenvalue weighted by Crippen LogP contribution is -2.42. The van der Waals surface area contributed by atoms with E-state index in [9.17, 15) is 9.59 Å². The number of thiophene rings is 1. The van der Waals surface area contributed by atoms with Crippen LogP contribution >= 0.6 is 22.7 Å². The molecule has 1 aliphatic heterocycles. The molecule has 0 aliphatic carbocycles. The molecule has 1 fully saturated rings. The number of carbonyl (C=O) groups is 2. The Labute approximate surface area is 173 Å². The van der Waals surface area contributed by atoms with Crippen molar-refractivity contribution in [3.05, 3.63) is 10.9 Å². The van der Waals surface area contributed by atoms with E-state index in [1.54, 1.807) is 11.3 Å². The normalized spacial score (nSPS) is 15.7. The monoisotopic (exact) mass is 424 g/mol. The first-order valence-corrected chi connectivity index (χ1v) is 11.1. The minimum atomic E-state index is -0.490. The van der Waals surface area contributed by atoms with E-state index < -0.39 is 5.60 Å². The zero-order valence-corrected chi connectivity index (χ0v) is 18.7. The Hall–Kier alpha value is -1.87. The molecule has 0 aromatic carbocycles. The number of hydrogen-bond acceptors (Lipinski definition) is 7. The van der Waals surface area contributed by atoms with E-state index in [0.29, 0.717) is 25.6 Å². The number of piperidine rings is 1. The summed E-state index contributed by atoms with van der Waals surface area (Å²) in [7, 11) is 3.94. The van der Waals surface area contributed by atoms with Crippen molar-refractivity contribution in [1.29, 1.82) is 0 Å². The summed E-state index contributed by atoms with van der Waals surface area (Å²) in [6.45, 7) is 7.55. The van der Waals surface area contributed by atoms with Crippen LogP contribution in [0, 0.1) is 5.92 Å². The zero-order chi connectivity index (χ0) is 20.5. The minimum Gasteiger partial charge on any atom is -0.444 e. The van der Waals surface area contributed by atoms with Gasteiger partial charge in [-0.3, -0.25) is 4.79 Å². The fourth-order valence-electron chi connectivity index (χ4n) is 3.06. The molecule has 1 N–H and O–H groups in total. The van der Waals surface area contributed by atoms with E-state index in [0.717, 1.165) is 32.4 Å². The minimum absolute atomic E-state index is 0.0835. The van der Waals surface area contributed by atoms with Crippen LogP contribution in [-0.4, -0.2) is 61.2 Å². The summed E-state index contributed by atoms with van der Waals surface area (Å²) < 4.78 is 6.33. The number of hydrogen-bond donors (Lipinski definition) is 1. The molecular formula is C19H28N4O3S2. The number of ether oxygens (including phenoxy) is 1. The highest BCUT2D eigenvalue weighted by atomic mass is 32.1. The molecule has 2 amide bonds. The largest absolute Gasteiger partial charge is 0.444 e. The third-order valence-corrected chi connectivity index (χ3v) is 6.82. The lowest BCUT2D eigenvalue weighted by Gasteiger charge is -2.32. The second-order valence-electron chi connectivity index (χ2n) is 8.29. The first kappa shape index (κ1) is 20.9. The number of rotatable bonds is 4. The summed E-state index contributed by atoms with van der Waals surface area (Å²) in [5, 5.41) is 3.80. The van der Waals surface area contributed by atoms with Crippen LogP contribution in [0.2, 0.25) is 0 Å². The first-order valence-electron chi connectivity index (χ1n) is 9.46. The Kier molecular flexibility index (Phi) is 6.14. The molecule has 1 aliphatic rings. The van der Waals surface area contributed by atoms with Gasteiger partial charge in [0.2, 0.25) is 0 Å². The average Bonchev–Trinajstić information content (AvgIpc) is 3.17. The number of aromatic nitrogens is 1. The molecule has 154 valence electrons. The van der Waals surface area contributed by atoms with Gasteiger partial charge in [0, 0.05) is 33.7 Å². The Morgan fingerprint density at radius 3 is 2.54 bits per heavy atom. The standard InChI is InChI=1S/C19H28N4O3S2/c1-19(2,3)26-18(25)20-11-12-6-8-23(9-7-12)16(24)14-10-13-15(27-14)21-17(28-13)22(4)5/h10,12H,6-9,11H2,1-5H3,(H,20,25). The highest BCUT2D eigenvalue weighted by molar-refractivity contribution is 7.29. The molecule has 0 bridgehead atoms. The zero-order valence-electron chi connectivity index (χ0n) is 17.1. The van der Waals surface area contributed by atoms with Gasteiger partial charge in [0.05, 0.1) is 9.58 Å². The molecule has 0 unspecified atom stereocenters. The van der Waals surface area contributed by atoms with Crippen LogP contribution in [0.15, 0.2) is 6.07 Å². The summed E-state index contributed by atoms with van der Waals surface area (Å²) in [5.41, 5.74) is -0.490. The van der Waals surface area contributed by atoms with E-state index in [-0.39, 0.29) is 12.0 Å². The van der Waals surface area contributed by atoms with E-state index in [1.165, 1.54) is 11.3 Å². The number of likely N-dealkylation sites (tertiary alicyclic amines) is 1. The van der Waals surface area contributed by atoms with Gasteiger partial charge < -0.3 is 19.9 Å². The van der Waals surface area contributed by atoms with Crippen LogP contribution in [0.1, 0.15) is 43.3 Å². The van der Waals surface area contributed by atoms with Crippen molar-refractivity contribution in [2.24, 2.45) is 5.92 Å². The smallest absolute Gasteiger partial charge is 0.407 e. The van der Waals surface area contributed by atoms with Crippen molar-refractivity contribution in [2.75, 3.05) is 38.6 Å². The van der Waals surface area contributed by atoms with Crippen molar-refractivity contribution < 1.29 is 14.3 Å². The predicted octanol–water partition coefficient (Wildman–Crippen LogP) is 3.80. The van der Waals surface area contributed by atoms with Gasteiger partial charge in [-0.05, 0) is 45.6 Å². The number of anilines is 1. The number of nitrogens with zero attached hydrogens (tertiary/aromatic N) is 3. The van der Waals surface area contributed by atoms with Crippen LogP contribution in [0.5, 0.6) is 0 Å². The van der Waals surface area contributed by atoms with E-state index in [4.69, 9.17) is 4.74 Å². The summed E-state index contributed by atoms with van der Waals surface area (Å²) in [6, 6.07) is 1.96. The van der Waals surface area contributed by atoms with E-state index in [2.05, 4.69) is 10.3 Å². The van der Waals surface area contributed by atoms with Crippen LogP contribution in [0.3, 0.4) is 0 Å². The highest BCUT2D eigenvalue weighted by Crippen LogP contribution is 2.34. The number of carbonyl (C=O) groups excluding carboxylic acids is 2. The SMILES string of the molecule is CN(C)c1nc2sc(C(=O)N3CCC(CNC(=O)OC(C)(C)C)CC3)cc2s1. The molecule has 0 spiro atoms. The number of amides is 2. The molecule has 3 rings (SSSR count). The van der Waals surface area contributed by atoms with Crippen molar-refractivity contribution in [1.82, 2.24) is 15.2 Å². The predicted molar refractivity (Wildman–Crippen MR) is 115 cm³/mol. The third kappa shape index (κ3) is 5.14. The lowest BCUT2D eigenvalue weighted by molar-refractivity contribution is 0.0500. The second-order valence-corrected chi connectivity index (χ2v) is 10.3. The number of fused-ring (bicyclic) bond motifs is 1. The molecule has 0 atom stereocenters. The van der Waals surface area contributed by atoms with Crippen LogP contribution in [0.4, 0.5) is 9.93 Å². The second kappa shape index (κ2) is 8.24. The molecule has 1 saturated heterocycles. The Balaban J connectivity index is 1.50. The van der Waals surface area contributed by atoms with Crippen LogP contribution in [-0.2, 0) is 4.74 Å². The summed E-state index contributed by atoms with van der Waals surface area (Å²) in [6.07, 6.45) is 1.38. The van der Waals surface area contributed by atoms with Crippen molar-refractivity contribution >= 4 is 49.3 Å². The molecule has 7 nitrogen and oxygen atoms in total. The molecular weight excluding hydrogens is 396 g/mol. The molecule has 2 aromatic rings. The van der Waals surface area contributed by atoms with E-state index >= 15 is 0 Å². The van der Waals surface area contributed by atoms with Crippen molar-refractivity contribution in [3.8, 4) is 0 Å². The van der Waals surface area contributed by atoms with Gasteiger partial charge in [-0.25, -0.2) is 9.78 Å². The quantitative estimate of drug-likeness (QED) is 0.808. The van der Waals surface area contributed by atoms with Gasteiger partial charge in [-0.15, -0.1) is 11.3 Å². The van der Waals surface area contributed by atoms with Crippen molar-refractivity contribution in [3.63, 3.8) is 0 Å². The van der Waals surface area contributed by atoms with E-state index in [1.807, 2.05) is 50.7 Å². The Bertz CT molecular complexity index is 814. The van der Waals surface area contributed by atoms with Crippen LogP contribution in [0.25, 0.3) is 9.53 Å². The van der Waals surface area contributed by atoms with Gasteiger partial charge in [-0.1, -0.05) is 11.3 Å². The molecule has 0 radical (unpaired) electrons. The average molecular weight is 425 g/mol. The lowest BCUT2D eigenvalue weighted by atomic mass is 9.97. The summed E-state index contributed by atoms with van der Waals surface area (Å²) in [5.74, 6) is 0.452. The summed E-state index contributed by atoms with van der Waals surface area (Å²) >= 11 is 3.07. The Morgan fingerprint density at radius 2 is 1.96 bits per heavy atom. The van der Waals surface area contributed by atoms with Crippen molar-refractivity contribution in [2.45, 2.75) is 39.2 Å². The molecule has 28 heavy (non-hydrogen) atoms. The number of alkyl carbamates (subject to hydrolysis) is 1. The molecule has 3 heterocycles. The van der Waals surface area contributed by atoms with Gasteiger partial charge in [0.25, 0.3) is 5.91 Å². The van der Waals surface area contributed by atoms with Gasteiger partial charge >= 0.3 is 6.09 Å². The maximum Gasteiger partial charge on any atom is 0.407 e. The highest BCUT2D eigenvalue weighted by Gasteiger charge is 2.26. The number of thiazole rings is 1. The maximum absolute atomic E-state index is 12.8. The van der Waals surface area contributed by atoms with Gasteiger partial charge in [0.15, 0.2) is 5.13 Å². The summed E-state index contributed by atoms with van der Waals surface area (Å²) in [4.78, 5) is 34.8. The molecule has 2 aromatic heterocycles. The third-order valence-electron chi connectivity index (χ3n) is 4.51. The fraction of sp³-hybridized carbons (Fsp3) is 0.632. The fourth-order valence-corrected chi connectivity index (χ4v) is 5.16. The van der Waals surface area contributed by atoms with Crippen LogP contribution < -0.4 is 10.2 Å². The topological polar surface area (TPSA) is 74.8 Å². The number of nitrogens with one attached hydrogen (secondary N) is 1. The van der Waals surface area contributed by atoms with Gasteiger partial charge in [0.1, 0.15) is 10.4 Å². The molecule has 9 heteroatoms. The maximum atomic E-state index is 12.8. The Morgan fingerprint density at radius 1 is 1.29 bits per heavy atom. The van der Waals surface area contributed by atoms with Gasteiger partial charge in [-0.2, -0.15) is 0 Å².